The minimum Gasteiger partial charge on any atom is -0.346 e. The van der Waals surface area contributed by atoms with Crippen molar-refractivity contribution in [3.05, 3.63) is 35.4 Å². The molecule has 6 nitrogen and oxygen atoms in total. The standard InChI is InChI=1S/C27H43N5O/c1-20-10-7-8-14-23(15-9-11-20)25-18-26(30-29-25)27(33)28-21(2)19-32-17-16-24(31-32)22-12-5-3-4-6-13-22/h16-18,20-23H,3-15,19H2,1-2H3,(H,28,33)(H,29,30)/t20-,21+,23?/m0/s1. The van der Waals surface area contributed by atoms with Gasteiger partial charge in [-0.2, -0.15) is 10.2 Å². The highest BCUT2D eigenvalue weighted by Crippen LogP contribution is 2.32. The van der Waals surface area contributed by atoms with Crippen molar-refractivity contribution in [1.29, 1.82) is 0 Å². The van der Waals surface area contributed by atoms with Gasteiger partial charge in [0.1, 0.15) is 5.69 Å². The van der Waals surface area contributed by atoms with E-state index in [1.165, 1.54) is 89.2 Å². The first-order valence-corrected chi connectivity index (χ1v) is 13.5. The van der Waals surface area contributed by atoms with Gasteiger partial charge in [0, 0.05) is 29.8 Å². The molecule has 2 fully saturated rings. The summed E-state index contributed by atoms with van der Waals surface area (Å²) in [5, 5.41) is 15.5. The fourth-order valence-electron chi connectivity index (χ4n) is 5.75. The molecule has 1 amide bonds. The zero-order chi connectivity index (χ0) is 23.0. The van der Waals surface area contributed by atoms with Crippen LogP contribution >= 0.6 is 0 Å². The summed E-state index contributed by atoms with van der Waals surface area (Å²) in [4.78, 5) is 12.8. The van der Waals surface area contributed by atoms with Gasteiger partial charge in [-0.15, -0.1) is 0 Å². The molecule has 6 heteroatoms. The van der Waals surface area contributed by atoms with Crippen molar-refractivity contribution in [3.8, 4) is 0 Å². The predicted octanol–water partition coefficient (Wildman–Crippen LogP) is 6.33. The number of aromatic amines is 1. The summed E-state index contributed by atoms with van der Waals surface area (Å²) in [6.07, 6.45) is 18.8. The number of amides is 1. The van der Waals surface area contributed by atoms with Gasteiger partial charge in [-0.05, 0) is 50.7 Å². The first-order valence-electron chi connectivity index (χ1n) is 13.5. The topological polar surface area (TPSA) is 75.6 Å². The fourth-order valence-corrected chi connectivity index (χ4v) is 5.75. The van der Waals surface area contributed by atoms with Gasteiger partial charge in [-0.25, -0.2) is 0 Å². The molecular formula is C27H43N5O. The molecular weight excluding hydrogens is 410 g/mol. The maximum atomic E-state index is 12.8. The van der Waals surface area contributed by atoms with Gasteiger partial charge in [0.25, 0.3) is 5.91 Å². The molecule has 0 radical (unpaired) electrons. The largest absolute Gasteiger partial charge is 0.346 e. The number of hydrogen-bond donors (Lipinski definition) is 2. The van der Waals surface area contributed by atoms with Gasteiger partial charge in [0.05, 0.1) is 12.2 Å². The van der Waals surface area contributed by atoms with Crippen LogP contribution in [-0.4, -0.2) is 31.9 Å². The second-order valence-electron chi connectivity index (χ2n) is 10.8. The SMILES string of the molecule is C[C@H]1CCCCC(c2cc(C(=O)N[C@H](C)Cn3ccc(C4CCCCCC4)n3)n[nH]2)CCC1. The summed E-state index contributed by atoms with van der Waals surface area (Å²) in [7, 11) is 0. The van der Waals surface area contributed by atoms with Gasteiger partial charge >= 0.3 is 0 Å². The van der Waals surface area contributed by atoms with Crippen molar-refractivity contribution in [2.75, 3.05) is 0 Å². The zero-order valence-corrected chi connectivity index (χ0v) is 20.7. The highest BCUT2D eigenvalue weighted by molar-refractivity contribution is 5.92. The third kappa shape index (κ3) is 6.94. The van der Waals surface area contributed by atoms with Crippen LogP contribution in [0.4, 0.5) is 0 Å². The fraction of sp³-hybridized carbons (Fsp3) is 0.741. The van der Waals surface area contributed by atoms with Crippen LogP contribution in [0.1, 0.15) is 131 Å². The smallest absolute Gasteiger partial charge is 0.272 e. The Bertz CT molecular complexity index is 863. The Kier molecular flexibility index (Phi) is 8.63. The molecule has 0 bridgehead atoms. The van der Waals surface area contributed by atoms with Gasteiger partial charge in [-0.3, -0.25) is 14.6 Å². The van der Waals surface area contributed by atoms with Crippen molar-refractivity contribution >= 4 is 5.91 Å². The summed E-state index contributed by atoms with van der Waals surface area (Å²) >= 11 is 0. The lowest BCUT2D eigenvalue weighted by Gasteiger charge is -2.14. The minimum atomic E-state index is -0.0992. The summed E-state index contributed by atoms with van der Waals surface area (Å²) in [6, 6.07) is 4.14. The van der Waals surface area contributed by atoms with Crippen LogP contribution in [0.15, 0.2) is 18.3 Å². The highest BCUT2D eigenvalue weighted by Gasteiger charge is 2.21. The molecule has 182 valence electrons. The van der Waals surface area contributed by atoms with E-state index >= 15 is 0 Å². The van der Waals surface area contributed by atoms with Gasteiger partial charge in [0.2, 0.25) is 0 Å². The maximum Gasteiger partial charge on any atom is 0.272 e. The maximum absolute atomic E-state index is 12.8. The molecule has 2 N–H and O–H groups in total. The average Bonchev–Trinajstić information content (AvgIpc) is 3.40. The lowest BCUT2D eigenvalue weighted by Crippen LogP contribution is -2.36. The Hall–Kier alpha value is -2.11. The monoisotopic (exact) mass is 453 g/mol. The van der Waals surface area contributed by atoms with Gasteiger partial charge in [0.15, 0.2) is 0 Å². The van der Waals surface area contributed by atoms with E-state index in [0.717, 1.165) is 11.6 Å². The van der Waals surface area contributed by atoms with Crippen LogP contribution in [0, 0.1) is 5.92 Å². The third-order valence-corrected chi connectivity index (χ3v) is 7.79. The van der Waals surface area contributed by atoms with Crippen LogP contribution in [0.5, 0.6) is 0 Å². The van der Waals surface area contributed by atoms with E-state index in [2.05, 4.69) is 34.7 Å². The van der Waals surface area contributed by atoms with Gasteiger partial charge in [-0.1, -0.05) is 64.7 Å². The Morgan fingerprint density at radius 1 is 1.03 bits per heavy atom. The summed E-state index contributed by atoms with van der Waals surface area (Å²) < 4.78 is 1.99. The molecule has 0 spiro atoms. The molecule has 2 aromatic heterocycles. The molecule has 2 heterocycles. The first-order chi connectivity index (χ1) is 16.1. The van der Waals surface area contributed by atoms with E-state index in [-0.39, 0.29) is 11.9 Å². The van der Waals surface area contributed by atoms with E-state index in [1.54, 1.807) is 0 Å². The van der Waals surface area contributed by atoms with E-state index < -0.39 is 0 Å². The molecule has 0 saturated heterocycles. The van der Waals surface area contributed by atoms with Crippen molar-refractivity contribution in [3.63, 3.8) is 0 Å². The molecule has 2 aliphatic carbocycles. The van der Waals surface area contributed by atoms with Crippen molar-refractivity contribution in [2.45, 2.75) is 122 Å². The summed E-state index contributed by atoms with van der Waals surface area (Å²) in [5.41, 5.74) is 2.85. The highest BCUT2D eigenvalue weighted by atomic mass is 16.2. The lowest BCUT2D eigenvalue weighted by atomic mass is 9.93. The number of nitrogens with zero attached hydrogens (tertiary/aromatic N) is 3. The molecule has 1 unspecified atom stereocenters. The Morgan fingerprint density at radius 3 is 2.52 bits per heavy atom. The second kappa shape index (κ2) is 11.8. The molecule has 2 aromatic rings. The van der Waals surface area contributed by atoms with Crippen LogP contribution in [0.3, 0.4) is 0 Å². The van der Waals surface area contributed by atoms with Gasteiger partial charge < -0.3 is 5.32 Å². The van der Waals surface area contributed by atoms with Crippen LogP contribution in [-0.2, 0) is 6.54 Å². The number of hydrogen-bond acceptors (Lipinski definition) is 3. The molecule has 0 aromatic carbocycles. The normalized spacial score (nSPS) is 24.3. The number of carbonyl (C=O) groups is 1. The average molecular weight is 454 g/mol. The number of rotatable bonds is 6. The van der Waals surface area contributed by atoms with Crippen molar-refractivity contribution in [1.82, 2.24) is 25.3 Å². The lowest BCUT2D eigenvalue weighted by molar-refractivity contribution is 0.0931. The van der Waals surface area contributed by atoms with Crippen molar-refractivity contribution < 1.29 is 4.79 Å². The molecule has 4 rings (SSSR count). The molecule has 0 aliphatic heterocycles. The number of carbonyl (C=O) groups excluding carboxylic acids is 1. The van der Waals surface area contributed by atoms with E-state index in [9.17, 15) is 4.79 Å². The van der Waals surface area contributed by atoms with Crippen LogP contribution in [0.25, 0.3) is 0 Å². The molecule has 2 aliphatic rings. The van der Waals surface area contributed by atoms with E-state index in [4.69, 9.17) is 5.10 Å². The summed E-state index contributed by atoms with van der Waals surface area (Å²) in [6.45, 7) is 5.09. The molecule has 33 heavy (non-hydrogen) atoms. The Morgan fingerprint density at radius 2 is 1.70 bits per heavy atom. The zero-order valence-electron chi connectivity index (χ0n) is 20.7. The summed E-state index contributed by atoms with van der Waals surface area (Å²) in [5.74, 6) is 1.83. The molecule has 2 saturated carbocycles. The van der Waals surface area contributed by atoms with E-state index in [1.807, 2.05) is 17.7 Å². The van der Waals surface area contributed by atoms with Crippen LogP contribution in [0.2, 0.25) is 0 Å². The number of nitrogens with one attached hydrogen (secondary N) is 2. The number of H-pyrrole nitrogens is 1. The van der Waals surface area contributed by atoms with E-state index in [0.29, 0.717) is 24.1 Å². The quantitative estimate of drug-likeness (QED) is 0.502. The Balaban J connectivity index is 1.29. The number of aromatic nitrogens is 4. The second-order valence-corrected chi connectivity index (χ2v) is 10.8. The first kappa shape index (κ1) is 24.0. The molecule has 3 atom stereocenters. The Labute approximate surface area is 199 Å². The van der Waals surface area contributed by atoms with Crippen LogP contribution < -0.4 is 5.32 Å². The predicted molar refractivity (Wildman–Crippen MR) is 132 cm³/mol. The third-order valence-electron chi connectivity index (χ3n) is 7.79. The minimum absolute atomic E-state index is 0.00840. The van der Waals surface area contributed by atoms with Crippen molar-refractivity contribution in [2.24, 2.45) is 5.92 Å².